The molecule has 0 unspecified atom stereocenters. The molecule has 1 aromatic rings. The van der Waals surface area contributed by atoms with E-state index in [0.717, 1.165) is 4.90 Å². The van der Waals surface area contributed by atoms with Gasteiger partial charge in [-0.1, -0.05) is 0 Å². The number of benzene rings is 1. The Labute approximate surface area is 134 Å². The largest absolute Gasteiger partial charge is 0.496 e. The fourth-order valence-electron chi connectivity index (χ4n) is 1.55. The van der Waals surface area contributed by atoms with E-state index in [1.54, 1.807) is 13.2 Å². The van der Waals surface area contributed by atoms with Gasteiger partial charge >= 0.3 is 0 Å². The Morgan fingerprint density at radius 1 is 1.05 bits per heavy atom. The van der Waals surface area contributed by atoms with E-state index in [-0.39, 0.29) is 5.69 Å². The number of rotatable bonds is 12. The predicted octanol–water partition coefficient (Wildman–Crippen LogP) is 2.38. The lowest BCUT2D eigenvalue weighted by atomic mass is 10.3. The average molecular weight is 331 g/mol. The first-order valence-electron chi connectivity index (χ1n) is 6.78. The van der Waals surface area contributed by atoms with Gasteiger partial charge in [-0.15, -0.1) is 11.8 Å². The second kappa shape index (κ2) is 11.2. The number of hydrogen-bond donors (Lipinski definition) is 0. The van der Waals surface area contributed by atoms with Gasteiger partial charge in [-0.05, 0) is 6.07 Å². The number of non-ortho nitro benzene ring substituents is 1. The van der Waals surface area contributed by atoms with E-state index in [0.29, 0.717) is 44.5 Å². The summed E-state index contributed by atoms with van der Waals surface area (Å²) < 4.78 is 20.6. The Hall–Kier alpha value is -1.35. The van der Waals surface area contributed by atoms with Gasteiger partial charge < -0.3 is 18.9 Å². The van der Waals surface area contributed by atoms with Crippen molar-refractivity contribution in [3.63, 3.8) is 0 Å². The smallest absolute Gasteiger partial charge is 0.274 e. The summed E-state index contributed by atoms with van der Waals surface area (Å²) in [5.74, 6) is 1.17. The van der Waals surface area contributed by atoms with E-state index in [2.05, 4.69) is 0 Å². The maximum Gasteiger partial charge on any atom is 0.274 e. The van der Waals surface area contributed by atoms with Crippen molar-refractivity contribution < 1.29 is 23.9 Å². The van der Waals surface area contributed by atoms with Crippen LogP contribution in [0.5, 0.6) is 5.75 Å². The van der Waals surface area contributed by atoms with Crippen molar-refractivity contribution in [2.24, 2.45) is 0 Å². The van der Waals surface area contributed by atoms with Crippen molar-refractivity contribution >= 4 is 17.4 Å². The summed E-state index contributed by atoms with van der Waals surface area (Å²) in [5.41, 5.74) is 0.0225. The summed E-state index contributed by atoms with van der Waals surface area (Å²) in [7, 11) is 3.11. The Morgan fingerprint density at radius 3 is 2.36 bits per heavy atom. The third kappa shape index (κ3) is 7.60. The Kier molecular flexibility index (Phi) is 9.56. The molecule has 0 heterocycles. The highest BCUT2D eigenvalue weighted by Gasteiger charge is 2.10. The first-order valence-corrected chi connectivity index (χ1v) is 7.76. The number of nitrogens with zero attached hydrogens (tertiary/aromatic N) is 1. The molecule has 0 aliphatic rings. The van der Waals surface area contributed by atoms with Crippen molar-refractivity contribution in [3.8, 4) is 5.75 Å². The van der Waals surface area contributed by atoms with Crippen LogP contribution in [0.1, 0.15) is 0 Å². The van der Waals surface area contributed by atoms with Crippen LogP contribution in [0.15, 0.2) is 23.1 Å². The molecule has 8 heteroatoms. The highest BCUT2D eigenvalue weighted by molar-refractivity contribution is 7.99. The minimum absolute atomic E-state index is 0.0225. The molecule has 0 bridgehead atoms. The molecular formula is C14H21NO6S. The lowest BCUT2D eigenvalue weighted by Gasteiger charge is -2.07. The highest BCUT2D eigenvalue weighted by atomic mass is 32.2. The molecule has 22 heavy (non-hydrogen) atoms. The molecule has 124 valence electrons. The van der Waals surface area contributed by atoms with Crippen molar-refractivity contribution in [3.05, 3.63) is 28.3 Å². The number of ether oxygens (including phenoxy) is 4. The molecule has 0 amide bonds. The van der Waals surface area contributed by atoms with Gasteiger partial charge in [-0.25, -0.2) is 0 Å². The van der Waals surface area contributed by atoms with Crippen LogP contribution in [0.2, 0.25) is 0 Å². The first kappa shape index (κ1) is 18.7. The van der Waals surface area contributed by atoms with Gasteiger partial charge in [0.2, 0.25) is 0 Å². The lowest BCUT2D eigenvalue weighted by Crippen LogP contribution is -2.09. The number of hydrogen-bond acceptors (Lipinski definition) is 7. The molecule has 7 nitrogen and oxygen atoms in total. The summed E-state index contributed by atoms with van der Waals surface area (Å²) in [5, 5.41) is 10.8. The van der Waals surface area contributed by atoms with Crippen LogP contribution < -0.4 is 4.74 Å². The topological polar surface area (TPSA) is 80.1 Å². The molecule has 0 atom stereocenters. The van der Waals surface area contributed by atoms with E-state index >= 15 is 0 Å². The van der Waals surface area contributed by atoms with E-state index in [4.69, 9.17) is 18.9 Å². The van der Waals surface area contributed by atoms with Gasteiger partial charge in [0.05, 0.1) is 51.1 Å². The van der Waals surface area contributed by atoms with Crippen molar-refractivity contribution in [1.82, 2.24) is 0 Å². The molecule has 0 saturated heterocycles. The highest BCUT2D eigenvalue weighted by Crippen LogP contribution is 2.28. The van der Waals surface area contributed by atoms with Gasteiger partial charge in [0.1, 0.15) is 5.75 Å². The summed E-state index contributed by atoms with van der Waals surface area (Å²) >= 11 is 1.48. The molecular weight excluding hydrogens is 310 g/mol. The van der Waals surface area contributed by atoms with E-state index in [1.165, 1.54) is 31.0 Å². The molecule has 0 aliphatic carbocycles. The molecule has 0 N–H and O–H groups in total. The minimum Gasteiger partial charge on any atom is -0.496 e. The molecule has 0 aromatic heterocycles. The number of thioether (sulfide) groups is 1. The fraction of sp³-hybridized carbons (Fsp3) is 0.571. The van der Waals surface area contributed by atoms with Gasteiger partial charge in [0.15, 0.2) is 0 Å². The standard InChI is InChI=1S/C14H21NO6S/c1-18-3-4-20-5-6-21-7-8-22-14-10-12(15(16)17)9-13(11-14)19-2/h9-11H,3-8H2,1-2H3. The lowest BCUT2D eigenvalue weighted by molar-refractivity contribution is -0.385. The zero-order valence-corrected chi connectivity index (χ0v) is 13.6. The zero-order chi connectivity index (χ0) is 16.2. The van der Waals surface area contributed by atoms with E-state index in [1.807, 2.05) is 0 Å². The molecule has 0 spiro atoms. The SMILES string of the molecule is COCCOCCOCCSc1cc(OC)cc([N+](=O)[O-])c1. The predicted molar refractivity (Wildman–Crippen MR) is 83.9 cm³/mol. The van der Waals surface area contributed by atoms with E-state index in [9.17, 15) is 10.1 Å². The number of nitro benzene ring substituents is 1. The third-order valence-electron chi connectivity index (χ3n) is 2.61. The molecule has 0 saturated carbocycles. The summed E-state index contributed by atoms with van der Waals surface area (Å²) in [6.45, 7) is 2.72. The first-order chi connectivity index (χ1) is 10.7. The van der Waals surface area contributed by atoms with Crippen molar-refractivity contribution in [1.29, 1.82) is 0 Å². The third-order valence-corrected chi connectivity index (χ3v) is 3.55. The number of methoxy groups -OCH3 is 2. The molecule has 0 radical (unpaired) electrons. The van der Waals surface area contributed by atoms with Crippen LogP contribution in [0.3, 0.4) is 0 Å². The quantitative estimate of drug-likeness (QED) is 0.252. The molecule has 0 aliphatic heterocycles. The molecule has 1 aromatic carbocycles. The van der Waals surface area contributed by atoms with Crippen molar-refractivity contribution in [2.45, 2.75) is 4.90 Å². The molecule has 0 fully saturated rings. The Bertz CT molecular complexity index is 457. The van der Waals surface area contributed by atoms with Crippen LogP contribution in [0.25, 0.3) is 0 Å². The molecule has 1 rings (SSSR count). The van der Waals surface area contributed by atoms with Gasteiger partial charge in [-0.3, -0.25) is 10.1 Å². The van der Waals surface area contributed by atoms with Crippen LogP contribution >= 0.6 is 11.8 Å². The van der Waals surface area contributed by atoms with Crippen LogP contribution in [-0.2, 0) is 14.2 Å². The van der Waals surface area contributed by atoms with Crippen molar-refractivity contribution in [2.75, 3.05) is 53.0 Å². The zero-order valence-electron chi connectivity index (χ0n) is 12.8. The summed E-state index contributed by atoms with van der Waals surface area (Å²) in [4.78, 5) is 11.2. The normalized spacial score (nSPS) is 10.6. The second-order valence-electron chi connectivity index (χ2n) is 4.19. The van der Waals surface area contributed by atoms with Gasteiger partial charge in [0.25, 0.3) is 5.69 Å². The van der Waals surface area contributed by atoms with Gasteiger partial charge in [-0.2, -0.15) is 0 Å². The Balaban J connectivity index is 2.24. The Morgan fingerprint density at radius 2 is 1.73 bits per heavy atom. The fourth-order valence-corrected chi connectivity index (χ4v) is 2.39. The van der Waals surface area contributed by atoms with Crippen LogP contribution in [-0.4, -0.2) is 57.9 Å². The number of nitro groups is 1. The summed E-state index contributed by atoms with van der Waals surface area (Å²) in [6.07, 6.45) is 0. The monoisotopic (exact) mass is 331 g/mol. The minimum atomic E-state index is -0.430. The van der Waals surface area contributed by atoms with E-state index < -0.39 is 4.92 Å². The second-order valence-corrected chi connectivity index (χ2v) is 5.36. The van der Waals surface area contributed by atoms with Crippen LogP contribution in [0.4, 0.5) is 5.69 Å². The van der Waals surface area contributed by atoms with Crippen LogP contribution in [0, 0.1) is 10.1 Å². The summed E-state index contributed by atoms with van der Waals surface area (Å²) in [6, 6.07) is 4.70. The maximum atomic E-state index is 10.8. The maximum absolute atomic E-state index is 10.8. The average Bonchev–Trinajstić information content (AvgIpc) is 2.53. The van der Waals surface area contributed by atoms with Gasteiger partial charge in [0, 0.05) is 23.8 Å².